The quantitative estimate of drug-likeness (QED) is 0.638. The summed E-state index contributed by atoms with van der Waals surface area (Å²) in [7, 11) is 0. The van der Waals surface area contributed by atoms with Crippen LogP contribution in [0.5, 0.6) is 0 Å². The molecule has 0 spiro atoms. The maximum Gasteiger partial charge on any atom is 0.230 e. The molecule has 3 rings (SSSR count). The van der Waals surface area contributed by atoms with Crippen molar-refractivity contribution in [3.05, 3.63) is 46.8 Å². The predicted octanol–water partition coefficient (Wildman–Crippen LogP) is 2.10. The van der Waals surface area contributed by atoms with E-state index < -0.39 is 23.6 Å². The van der Waals surface area contributed by atoms with E-state index in [2.05, 4.69) is 5.32 Å². The van der Waals surface area contributed by atoms with E-state index in [-0.39, 0.29) is 18.1 Å². The highest BCUT2D eigenvalue weighted by Crippen LogP contribution is 2.30. The summed E-state index contributed by atoms with van der Waals surface area (Å²) in [4.78, 5) is 36.0. The van der Waals surface area contributed by atoms with Gasteiger partial charge in [0.1, 0.15) is 5.82 Å². The molecule has 1 heterocycles. The standard InChI is InChI=1S/C17H16FNO3/c1-9-7-10-3-2-4-11(16(21)13(10)8-14(9)18)12-5-6-15(20)19-17(12)22/h2,4,7-8,11-12H,3,5-6H2,1H3,(H,19,20,22). The molecule has 1 aliphatic heterocycles. The van der Waals surface area contributed by atoms with Gasteiger partial charge in [0.05, 0.1) is 11.8 Å². The zero-order valence-corrected chi connectivity index (χ0v) is 12.2. The molecule has 2 amide bonds. The van der Waals surface area contributed by atoms with Gasteiger partial charge in [0.2, 0.25) is 11.8 Å². The molecule has 114 valence electrons. The molecule has 22 heavy (non-hydrogen) atoms. The van der Waals surface area contributed by atoms with E-state index in [4.69, 9.17) is 0 Å². The van der Waals surface area contributed by atoms with Crippen molar-refractivity contribution in [3.63, 3.8) is 0 Å². The fourth-order valence-corrected chi connectivity index (χ4v) is 3.12. The van der Waals surface area contributed by atoms with Crippen LogP contribution in [0.15, 0.2) is 24.3 Å². The molecule has 0 radical (unpaired) electrons. The normalized spacial score (nSPS) is 24.7. The minimum atomic E-state index is -0.642. The van der Waals surface area contributed by atoms with Crippen LogP contribution >= 0.6 is 0 Å². The number of amides is 2. The lowest BCUT2D eigenvalue weighted by molar-refractivity contribution is -0.137. The molecule has 5 heteroatoms. The maximum absolute atomic E-state index is 13.8. The molecule has 0 bridgehead atoms. The van der Waals surface area contributed by atoms with Crippen LogP contribution in [0.2, 0.25) is 0 Å². The molecular formula is C17H16FNO3. The van der Waals surface area contributed by atoms with Crippen molar-refractivity contribution < 1.29 is 18.8 Å². The van der Waals surface area contributed by atoms with E-state index in [1.54, 1.807) is 19.1 Å². The Morgan fingerprint density at radius 3 is 2.73 bits per heavy atom. The van der Waals surface area contributed by atoms with E-state index >= 15 is 0 Å². The van der Waals surface area contributed by atoms with Gasteiger partial charge >= 0.3 is 0 Å². The number of Topliss-reactive ketones (excluding diaryl/α,β-unsaturated/α-hetero) is 1. The average molecular weight is 301 g/mol. The second-order valence-corrected chi connectivity index (χ2v) is 5.84. The Morgan fingerprint density at radius 1 is 1.23 bits per heavy atom. The monoisotopic (exact) mass is 301 g/mol. The number of imide groups is 1. The molecule has 1 aliphatic carbocycles. The van der Waals surface area contributed by atoms with Crippen LogP contribution in [-0.2, 0) is 16.0 Å². The molecule has 0 aromatic heterocycles. The summed E-state index contributed by atoms with van der Waals surface area (Å²) in [6.45, 7) is 1.66. The first kappa shape index (κ1) is 14.6. The highest BCUT2D eigenvalue weighted by molar-refractivity contribution is 6.06. The Hall–Kier alpha value is -2.30. The van der Waals surface area contributed by atoms with Gasteiger partial charge in [0.15, 0.2) is 5.78 Å². The van der Waals surface area contributed by atoms with Crippen LogP contribution in [0.4, 0.5) is 4.39 Å². The van der Waals surface area contributed by atoms with Gasteiger partial charge in [-0.15, -0.1) is 0 Å². The van der Waals surface area contributed by atoms with Crippen molar-refractivity contribution in [2.45, 2.75) is 26.2 Å². The number of nitrogens with one attached hydrogen (secondary N) is 1. The number of carbonyl (C=O) groups excluding carboxylic acids is 3. The molecular weight excluding hydrogens is 285 g/mol. The van der Waals surface area contributed by atoms with Crippen molar-refractivity contribution in [3.8, 4) is 0 Å². The van der Waals surface area contributed by atoms with E-state index in [0.717, 1.165) is 5.56 Å². The molecule has 2 atom stereocenters. The number of aryl methyl sites for hydroxylation is 1. The molecule has 1 aromatic rings. The maximum atomic E-state index is 13.8. The van der Waals surface area contributed by atoms with Gasteiger partial charge in [-0.25, -0.2) is 4.39 Å². The van der Waals surface area contributed by atoms with Crippen molar-refractivity contribution in [2.75, 3.05) is 0 Å². The fourth-order valence-electron chi connectivity index (χ4n) is 3.12. The van der Waals surface area contributed by atoms with Crippen LogP contribution in [-0.4, -0.2) is 17.6 Å². The van der Waals surface area contributed by atoms with Gasteiger partial charge in [0, 0.05) is 12.0 Å². The number of ketones is 1. The third kappa shape index (κ3) is 2.47. The molecule has 0 saturated carbocycles. The number of halogens is 1. The largest absolute Gasteiger partial charge is 0.296 e. The summed E-state index contributed by atoms with van der Waals surface area (Å²) >= 11 is 0. The van der Waals surface area contributed by atoms with Crippen LogP contribution in [0, 0.1) is 24.6 Å². The third-order valence-corrected chi connectivity index (χ3v) is 4.35. The minimum Gasteiger partial charge on any atom is -0.296 e. The van der Waals surface area contributed by atoms with E-state index in [1.807, 2.05) is 6.08 Å². The SMILES string of the molecule is Cc1cc2c(cc1F)C(=O)C(C1CCC(=O)NC1=O)C=CC2. The van der Waals surface area contributed by atoms with Crippen molar-refractivity contribution in [1.82, 2.24) is 5.32 Å². The van der Waals surface area contributed by atoms with Gasteiger partial charge in [0.25, 0.3) is 0 Å². The predicted molar refractivity (Wildman–Crippen MR) is 77.7 cm³/mol. The summed E-state index contributed by atoms with van der Waals surface area (Å²) in [6, 6.07) is 2.94. The number of piperidine rings is 1. The summed E-state index contributed by atoms with van der Waals surface area (Å²) in [6.07, 6.45) is 4.66. The summed E-state index contributed by atoms with van der Waals surface area (Å²) in [5.41, 5.74) is 1.61. The molecule has 2 aliphatic rings. The van der Waals surface area contributed by atoms with E-state index in [9.17, 15) is 18.8 Å². The topological polar surface area (TPSA) is 63.2 Å². The Morgan fingerprint density at radius 2 is 2.00 bits per heavy atom. The average Bonchev–Trinajstić information content (AvgIpc) is 2.61. The molecule has 4 nitrogen and oxygen atoms in total. The highest BCUT2D eigenvalue weighted by Gasteiger charge is 2.37. The van der Waals surface area contributed by atoms with Gasteiger partial charge < -0.3 is 0 Å². The first-order valence-electron chi connectivity index (χ1n) is 7.31. The number of hydrogen-bond donors (Lipinski definition) is 1. The third-order valence-electron chi connectivity index (χ3n) is 4.35. The summed E-state index contributed by atoms with van der Waals surface area (Å²) in [5.74, 6) is -2.62. The molecule has 2 unspecified atom stereocenters. The zero-order chi connectivity index (χ0) is 15.9. The van der Waals surface area contributed by atoms with Gasteiger partial charge in [-0.3, -0.25) is 19.7 Å². The first-order chi connectivity index (χ1) is 10.5. The summed E-state index contributed by atoms with van der Waals surface area (Å²) in [5, 5.41) is 2.27. The fraction of sp³-hybridized carbons (Fsp3) is 0.353. The first-order valence-corrected chi connectivity index (χ1v) is 7.31. The Kier molecular flexibility index (Phi) is 3.64. The lowest BCUT2D eigenvalue weighted by Gasteiger charge is -2.26. The number of carbonyl (C=O) groups is 3. The molecule has 1 fully saturated rings. The van der Waals surface area contributed by atoms with Crippen LogP contribution in [0.25, 0.3) is 0 Å². The zero-order valence-electron chi connectivity index (χ0n) is 12.2. The molecule has 1 aromatic carbocycles. The van der Waals surface area contributed by atoms with Crippen molar-refractivity contribution in [1.29, 1.82) is 0 Å². The Balaban J connectivity index is 1.97. The van der Waals surface area contributed by atoms with Gasteiger partial charge in [-0.1, -0.05) is 18.2 Å². The Labute approximate surface area is 127 Å². The van der Waals surface area contributed by atoms with Crippen molar-refractivity contribution in [2.24, 2.45) is 11.8 Å². The van der Waals surface area contributed by atoms with Gasteiger partial charge in [-0.2, -0.15) is 0 Å². The van der Waals surface area contributed by atoms with Gasteiger partial charge in [-0.05, 0) is 37.0 Å². The number of allylic oxidation sites excluding steroid dienone is 2. The Bertz CT molecular complexity index is 708. The number of hydrogen-bond acceptors (Lipinski definition) is 3. The molecule has 1 saturated heterocycles. The van der Waals surface area contributed by atoms with Crippen molar-refractivity contribution >= 4 is 17.6 Å². The lowest BCUT2D eigenvalue weighted by atomic mass is 9.80. The minimum absolute atomic E-state index is 0.225. The van der Waals surface area contributed by atoms with E-state index in [1.165, 1.54) is 6.07 Å². The number of rotatable bonds is 1. The highest BCUT2D eigenvalue weighted by atomic mass is 19.1. The van der Waals surface area contributed by atoms with E-state index in [0.29, 0.717) is 24.0 Å². The van der Waals surface area contributed by atoms with Crippen LogP contribution < -0.4 is 5.32 Å². The molecule has 1 N–H and O–H groups in total. The lowest BCUT2D eigenvalue weighted by Crippen LogP contribution is -2.44. The number of fused-ring (bicyclic) bond motifs is 1. The number of benzene rings is 1. The second-order valence-electron chi connectivity index (χ2n) is 5.84. The second kappa shape index (κ2) is 5.48. The summed E-state index contributed by atoms with van der Waals surface area (Å²) < 4.78 is 13.8. The van der Waals surface area contributed by atoms with Crippen LogP contribution in [0.1, 0.15) is 34.3 Å². The smallest absolute Gasteiger partial charge is 0.230 e. The van der Waals surface area contributed by atoms with Crippen LogP contribution in [0.3, 0.4) is 0 Å².